The second kappa shape index (κ2) is 15.1. The molecule has 2 bridgehead atoms. The monoisotopic (exact) mass is 669 g/mol. The van der Waals surface area contributed by atoms with Gasteiger partial charge in [-0.3, -0.25) is 19.3 Å². The van der Waals surface area contributed by atoms with E-state index >= 15 is 0 Å². The maximum Gasteiger partial charge on any atom is 0.310 e. The number of esters is 1. The molecule has 8 atom stereocenters. The average Bonchev–Trinajstić information content (AvgIpc) is 3.59. The van der Waals surface area contributed by atoms with Crippen LogP contribution in [0.5, 0.6) is 0 Å². The zero-order chi connectivity index (χ0) is 30.4. The molecule has 0 aromatic heterocycles. The minimum atomic E-state index is -0.786. The van der Waals surface area contributed by atoms with E-state index < -0.39 is 28.7 Å². The predicted octanol–water partition coefficient (Wildman–Crippen LogP) is 3.10. The molecule has 4 rings (SSSR count). The molecule has 0 radical (unpaired) electrons. The molecular weight excluding hydrogens is 622 g/mol. The van der Waals surface area contributed by atoms with Crippen molar-refractivity contribution in [3.05, 3.63) is 25.3 Å². The van der Waals surface area contributed by atoms with E-state index in [0.29, 0.717) is 45.9 Å². The molecule has 4 fully saturated rings. The van der Waals surface area contributed by atoms with E-state index in [1.54, 1.807) is 27.6 Å². The fourth-order valence-corrected chi connectivity index (χ4v) is 10.7. The van der Waals surface area contributed by atoms with Gasteiger partial charge in [0, 0.05) is 42.8 Å². The number of fused-ring (bicyclic) bond motifs is 1. The van der Waals surface area contributed by atoms with Gasteiger partial charge in [0.25, 0.3) is 0 Å². The second-order valence-electron chi connectivity index (χ2n) is 12.0. The number of carbonyl (C=O) groups excluding carboxylic acids is 3. The van der Waals surface area contributed by atoms with E-state index in [9.17, 15) is 19.5 Å². The summed E-state index contributed by atoms with van der Waals surface area (Å²) in [7, 11) is 0. The predicted molar refractivity (Wildman–Crippen MR) is 168 cm³/mol. The molecule has 1 N–H and O–H groups in total. The van der Waals surface area contributed by atoms with E-state index in [4.69, 9.17) is 9.47 Å². The topological polar surface area (TPSA) is 99.6 Å². The van der Waals surface area contributed by atoms with Gasteiger partial charge in [-0.25, -0.2) is 0 Å². The molecule has 4 aliphatic heterocycles. The second-order valence-corrected chi connectivity index (χ2v) is 14.7. The van der Waals surface area contributed by atoms with Gasteiger partial charge in [-0.1, -0.05) is 48.4 Å². The van der Waals surface area contributed by atoms with Gasteiger partial charge in [0.15, 0.2) is 0 Å². The van der Waals surface area contributed by atoms with Crippen molar-refractivity contribution in [2.75, 3.05) is 59.2 Å². The normalized spacial score (nSPS) is 32.0. The summed E-state index contributed by atoms with van der Waals surface area (Å²) < 4.78 is 10.5. The van der Waals surface area contributed by atoms with E-state index in [0.717, 1.165) is 38.8 Å². The number of hydrogen-bond acceptors (Lipinski definition) is 8. The highest BCUT2D eigenvalue weighted by Crippen LogP contribution is 2.68. The third-order valence-electron chi connectivity index (χ3n) is 9.58. The summed E-state index contributed by atoms with van der Waals surface area (Å²) in [6, 6.07) is -1.31. The van der Waals surface area contributed by atoms with Crippen LogP contribution < -0.4 is 0 Å². The Morgan fingerprint density at radius 2 is 2.02 bits per heavy atom. The highest BCUT2D eigenvalue weighted by Gasteiger charge is 2.76. The van der Waals surface area contributed by atoms with Crippen LogP contribution in [0.25, 0.3) is 0 Å². The lowest BCUT2D eigenvalue weighted by Gasteiger charge is -2.41. The van der Waals surface area contributed by atoms with Crippen LogP contribution in [0.2, 0.25) is 0 Å². The maximum absolute atomic E-state index is 14.7. The van der Waals surface area contributed by atoms with Gasteiger partial charge < -0.3 is 24.4 Å². The molecular formula is C31H48BrN3O6S. The van der Waals surface area contributed by atoms with Crippen LogP contribution in [-0.4, -0.2) is 124 Å². The average molecular weight is 671 g/mol. The van der Waals surface area contributed by atoms with E-state index in [-0.39, 0.29) is 40.4 Å². The molecule has 2 amide bonds. The number of alkyl halides is 1. The molecule has 0 aromatic carbocycles. The fraction of sp³-hybridized carbons (Fsp3) is 0.774. The van der Waals surface area contributed by atoms with Crippen molar-refractivity contribution >= 4 is 45.5 Å². The molecule has 236 valence electrons. The zero-order valence-corrected chi connectivity index (χ0v) is 27.5. The number of aliphatic hydroxyl groups excluding tert-OH is 1. The van der Waals surface area contributed by atoms with Crippen LogP contribution >= 0.6 is 27.7 Å². The van der Waals surface area contributed by atoms with Crippen LogP contribution in [0.3, 0.4) is 0 Å². The number of rotatable bonds is 16. The van der Waals surface area contributed by atoms with Crippen molar-refractivity contribution in [3.63, 3.8) is 0 Å². The SMILES string of the molecule is C=CCCCCOC(=O)[C@H]1[C@@H]2SC3(CC2Br)C(C(=O)N(CC=C)CCN2CCOCC2)N([C@@H](CO)[C@@H](C)CC)C(=O)[C@H]13. The Labute approximate surface area is 263 Å². The zero-order valence-electron chi connectivity index (χ0n) is 25.1. The molecule has 0 aromatic rings. The van der Waals surface area contributed by atoms with Gasteiger partial charge in [-0.05, 0) is 31.6 Å². The minimum Gasteiger partial charge on any atom is -0.465 e. The summed E-state index contributed by atoms with van der Waals surface area (Å²) in [5.74, 6) is -2.03. The highest BCUT2D eigenvalue weighted by atomic mass is 79.9. The molecule has 11 heteroatoms. The van der Waals surface area contributed by atoms with E-state index in [1.807, 2.05) is 19.9 Å². The maximum atomic E-state index is 14.7. The van der Waals surface area contributed by atoms with Crippen LogP contribution in [0, 0.1) is 17.8 Å². The quantitative estimate of drug-likeness (QED) is 0.116. The van der Waals surface area contributed by atoms with Gasteiger partial charge in [-0.15, -0.1) is 24.9 Å². The van der Waals surface area contributed by atoms with Crippen molar-refractivity contribution in [1.82, 2.24) is 14.7 Å². The lowest BCUT2D eigenvalue weighted by Crippen LogP contribution is -2.59. The lowest BCUT2D eigenvalue weighted by atomic mass is 9.71. The van der Waals surface area contributed by atoms with Crippen molar-refractivity contribution < 1.29 is 29.0 Å². The Bertz CT molecular complexity index is 996. The first-order valence-corrected chi connectivity index (χ1v) is 17.3. The molecule has 4 saturated heterocycles. The first-order valence-electron chi connectivity index (χ1n) is 15.5. The number of amides is 2. The standard InChI is InChI=1S/C31H48BrN3O6S/c1-5-8-9-10-16-41-30(39)24-25-28(37)35(23(20-36)21(4)7-3)27(31(25)19-22(32)26(24)42-31)29(38)34(11-6-2)13-12-33-14-17-40-18-15-33/h5-6,21-27,36H,1-2,7-20H2,3-4H3/t21-,22?,23-,24+,25-,26+,27?,31?/m0/s1. The molecule has 4 heterocycles. The molecule has 0 saturated carbocycles. The summed E-state index contributed by atoms with van der Waals surface area (Å²) in [6.45, 7) is 16.3. The first-order chi connectivity index (χ1) is 20.2. The van der Waals surface area contributed by atoms with Crippen LogP contribution in [-0.2, 0) is 23.9 Å². The number of halogens is 1. The highest BCUT2D eigenvalue weighted by molar-refractivity contribution is 9.09. The van der Waals surface area contributed by atoms with Crippen molar-refractivity contribution in [2.45, 2.75) is 72.9 Å². The van der Waals surface area contributed by atoms with Gasteiger partial charge in [0.1, 0.15) is 6.04 Å². The molecule has 3 unspecified atom stereocenters. The molecule has 42 heavy (non-hydrogen) atoms. The number of ether oxygens (including phenoxy) is 2. The molecule has 9 nitrogen and oxygen atoms in total. The summed E-state index contributed by atoms with van der Waals surface area (Å²) in [6.07, 6.45) is 7.39. The number of thioether (sulfide) groups is 1. The third-order valence-corrected chi connectivity index (χ3v) is 12.8. The fourth-order valence-electron chi connectivity index (χ4n) is 7.15. The minimum absolute atomic E-state index is 0.0251. The Balaban J connectivity index is 1.66. The number of nitrogens with zero attached hydrogens (tertiary/aromatic N) is 3. The third kappa shape index (κ3) is 6.50. The first kappa shape index (κ1) is 33.5. The largest absolute Gasteiger partial charge is 0.465 e. The Kier molecular flexibility index (Phi) is 12.0. The Hall–Kier alpha value is -1.40. The van der Waals surface area contributed by atoms with Crippen LogP contribution in [0.1, 0.15) is 46.0 Å². The molecule has 0 aliphatic carbocycles. The number of allylic oxidation sites excluding steroid dienone is 1. The van der Waals surface area contributed by atoms with Gasteiger partial charge >= 0.3 is 5.97 Å². The number of morpholine rings is 1. The smallest absolute Gasteiger partial charge is 0.310 e. The summed E-state index contributed by atoms with van der Waals surface area (Å²) in [5.41, 5.74) is 0. The number of likely N-dealkylation sites (tertiary alicyclic amines) is 1. The van der Waals surface area contributed by atoms with Gasteiger partial charge in [-0.2, -0.15) is 0 Å². The van der Waals surface area contributed by atoms with E-state index in [1.165, 1.54) is 0 Å². The van der Waals surface area contributed by atoms with Gasteiger partial charge in [0.2, 0.25) is 11.8 Å². The molecule has 4 aliphatic rings. The van der Waals surface area contributed by atoms with Crippen molar-refractivity contribution in [1.29, 1.82) is 0 Å². The molecule has 1 spiro atoms. The van der Waals surface area contributed by atoms with Gasteiger partial charge in [0.05, 0.1) is 49.1 Å². The summed E-state index contributed by atoms with van der Waals surface area (Å²) in [5, 5.41) is 10.4. The number of hydrogen-bond donors (Lipinski definition) is 1. The van der Waals surface area contributed by atoms with Crippen LogP contribution in [0.15, 0.2) is 25.3 Å². The van der Waals surface area contributed by atoms with Crippen molar-refractivity contribution in [2.24, 2.45) is 17.8 Å². The van der Waals surface area contributed by atoms with Crippen LogP contribution in [0.4, 0.5) is 0 Å². The number of carbonyl (C=O) groups is 3. The van der Waals surface area contributed by atoms with E-state index in [2.05, 4.69) is 34.0 Å². The number of unbranched alkanes of at least 4 members (excludes halogenated alkanes) is 2. The van der Waals surface area contributed by atoms with Crippen molar-refractivity contribution in [3.8, 4) is 0 Å². The summed E-state index contributed by atoms with van der Waals surface area (Å²) >= 11 is 5.43. The summed E-state index contributed by atoms with van der Waals surface area (Å²) in [4.78, 5) is 48.5. The lowest BCUT2D eigenvalue weighted by molar-refractivity contribution is -0.155. The number of aliphatic hydroxyl groups is 1. The Morgan fingerprint density at radius 3 is 2.67 bits per heavy atom. The Morgan fingerprint density at radius 1 is 1.29 bits per heavy atom.